The van der Waals surface area contributed by atoms with Crippen LogP contribution < -0.4 is 16.1 Å². The van der Waals surface area contributed by atoms with Crippen molar-refractivity contribution in [2.45, 2.75) is 83.6 Å². The lowest BCUT2D eigenvalue weighted by Gasteiger charge is -2.27. The van der Waals surface area contributed by atoms with Crippen LogP contribution in [0.3, 0.4) is 0 Å². The fraction of sp³-hybridized carbons (Fsp3) is 0.750. The van der Waals surface area contributed by atoms with Crippen LogP contribution in [0.1, 0.15) is 53.7 Å². The third-order valence-electron chi connectivity index (χ3n) is 6.71. The van der Waals surface area contributed by atoms with Crippen LogP contribution >= 0.6 is 19.5 Å². The molecule has 0 radical (unpaired) electrons. The Labute approximate surface area is 242 Å². The molecule has 2 fully saturated rings. The van der Waals surface area contributed by atoms with Crippen LogP contribution in [-0.2, 0) is 23.1 Å². The van der Waals surface area contributed by atoms with Crippen LogP contribution in [0, 0.1) is 5.41 Å². The number of aliphatic hydroxyl groups is 3. The summed E-state index contributed by atoms with van der Waals surface area (Å²) in [4.78, 5) is 25.2. The minimum absolute atomic E-state index is 0.0121. The quantitative estimate of drug-likeness (QED) is 0.130. The van der Waals surface area contributed by atoms with Gasteiger partial charge in [0.25, 0.3) is 0 Å². The number of hydrogen-bond acceptors (Lipinski definition) is 14. The molecule has 4 unspecified atom stereocenters. The number of aromatic nitrogens is 4. The Kier molecular flexibility index (Phi) is 9.68. The molecular weight excluding hydrogens is 577 g/mol. The van der Waals surface area contributed by atoms with Crippen LogP contribution in [0.4, 0.5) is 11.8 Å². The largest absolute Gasteiger partial charge is 0.405 e. The van der Waals surface area contributed by atoms with Gasteiger partial charge < -0.3 is 31.1 Å². The van der Waals surface area contributed by atoms with Crippen molar-refractivity contribution in [1.82, 2.24) is 24.6 Å². The maximum Gasteiger partial charge on any atom is 0.405 e. The normalized spacial score (nSPS) is 26.5. The number of anilines is 2. The fourth-order valence-electron chi connectivity index (χ4n) is 4.16. The third kappa shape index (κ3) is 7.37. The molecule has 41 heavy (non-hydrogen) atoms. The van der Waals surface area contributed by atoms with Gasteiger partial charge in [0.05, 0.1) is 31.6 Å². The fourth-order valence-corrected chi connectivity index (χ4v) is 6.62. The number of thioether (sulfide) groups is 1. The minimum atomic E-state index is -3.90. The van der Waals surface area contributed by atoms with Crippen LogP contribution in [0.15, 0.2) is 6.33 Å². The number of carbonyl (C=O) groups excluding carboxylic acids is 1. The Morgan fingerprint density at radius 2 is 2.07 bits per heavy atom. The molecule has 5 atom stereocenters. The average molecular weight is 618 g/mol. The molecule has 0 aromatic carbocycles. The Bertz CT molecular complexity index is 1290. The summed E-state index contributed by atoms with van der Waals surface area (Å²) in [6.07, 6.45) is -0.207. The standard InChI is InChI=1S/C24H40N7O8PS/c1-13(2)30-40(36,37-8-9-41-21(34)23(3,4)11-32)38-10-15-17(33)24(5,35)20(39-15)31-12-26-16-18(27-14-6-7-14)28-22(25)29-19(16)31/h12-15,17,20,32-33,35H,6-11H2,1-5H3,(H,30,36)(H3,25,27,28,29)/t15-,17?,20?,24?,40?/m1/s1. The molecule has 230 valence electrons. The molecule has 1 aliphatic heterocycles. The van der Waals surface area contributed by atoms with Gasteiger partial charge in [-0.3, -0.25) is 18.4 Å². The Hall–Kier alpha value is -1.88. The summed E-state index contributed by atoms with van der Waals surface area (Å²) in [5, 5.41) is 37.4. The first-order valence-electron chi connectivity index (χ1n) is 13.4. The molecular formula is C24H40N7O8PS. The lowest BCUT2D eigenvalue weighted by molar-refractivity contribution is -0.119. The van der Waals surface area contributed by atoms with Crippen LogP contribution in [0.5, 0.6) is 0 Å². The number of rotatable bonds is 14. The van der Waals surface area contributed by atoms with Crippen molar-refractivity contribution >= 4 is 47.6 Å². The molecule has 1 aliphatic carbocycles. The van der Waals surface area contributed by atoms with E-state index in [1.54, 1.807) is 27.7 Å². The van der Waals surface area contributed by atoms with E-state index in [1.165, 1.54) is 17.8 Å². The van der Waals surface area contributed by atoms with Gasteiger partial charge in [-0.15, -0.1) is 0 Å². The maximum atomic E-state index is 13.5. The van der Waals surface area contributed by atoms with Crippen molar-refractivity contribution in [2.75, 3.05) is 36.6 Å². The molecule has 1 saturated carbocycles. The number of imidazole rings is 1. The second-order valence-corrected chi connectivity index (χ2v) is 14.3. The maximum absolute atomic E-state index is 13.5. The van der Waals surface area contributed by atoms with Crippen molar-refractivity contribution < 1.29 is 38.5 Å². The SMILES string of the molecule is CC(C)NP(=O)(OCCSC(=O)C(C)(C)CO)OC[C@H]1OC(n2cnc3c(NC4CC4)nc(N)nc32)C(C)(O)C1O. The summed E-state index contributed by atoms with van der Waals surface area (Å²) in [6.45, 7) is 7.43. The second kappa shape index (κ2) is 12.4. The number of nitrogen functional groups attached to an aromatic ring is 1. The molecule has 2 aliphatic rings. The number of ether oxygens (including phenoxy) is 1. The van der Waals surface area contributed by atoms with Gasteiger partial charge in [-0.2, -0.15) is 9.97 Å². The van der Waals surface area contributed by atoms with Crippen molar-refractivity contribution in [3.05, 3.63) is 6.33 Å². The molecule has 3 heterocycles. The van der Waals surface area contributed by atoms with Gasteiger partial charge in [0, 0.05) is 17.8 Å². The highest BCUT2D eigenvalue weighted by Gasteiger charge is 2.54. The predicted molar refractivity (Wildman–Crippen MR) is 153 cm³/mol. The van der Waals surface area contributed by atoms with Crippen molar-refractivity contribution in [1.29, 1.82) is 0 Å². The van der Waals surface area contributed by atoms with Gasteiger partial charge in [0.15, 0.2) is 28.3 Å². The first-order valence-corrected chi connectivity index (χ1v) is 16.0. The van der Waals surface area contributed by atoms with Crippen LogP contribution in [-0.4, -0.2) is 95.4 Å². The Morgan fingerprint density at radius 1 is 1.37 bits per heavy atom. The van der Waals surface area contributed by atoms with E-state index in [0.717, 1.165) is 24.6 Å². The average Bonchev–Trinajstić information content (AvgIpc) is 3.56. The third-order valence-corrected chi connectivity index (χ3v) is 9.74. The minimum Gasteiger partial charge on any atom is -0.395 e. The highest BCUT2D eigenvalue weighted by molar-refractivity contribution is 8.13. The summed E-state index contributed by atoms with van der Waals surface area (Å²) >= 11 is 0.961. The van der Waals surface area contributed by atoms with Gasteiger partial charge in [-0.1, -0.05) is 11.8 Å². The van der Waals surface area contributed by atoms with Crippen LogP contribution in [0.25, 0.3) is 11.2 Å². The van der Waals surface area contributed by atoms with E-state index in [9.17, 15) is 24.7 Å². The van der Waals surface area contributed by atoms with E-state index in [2.05, 4.69) is 25.4 Å². The first kappa shape index (κ1) is 32.0. The van der Waals surface area contributed by atoms with E-state index in [1.807, 2.05) is 0 Å². The van der Waals surface area contributed by atoms with Gasteiger partial charge in [-0.25, -0.2) is 14.6 Å². The van der Waals surface area contributed by atoms with E-state index in [0.29, 0.717) is 17.0 Å². The number of fused-ring (bicyclic) bond motifs is 1. The number of nitrogens with one attached hydrogen (secondary N) is 2. The molecule has 0 bridgehead atoms. The number of carbonyl (C=O) groups is 1. The predicted octanol–water partition coefficient (Wildman–Crippen LogP) is 1.41. The Morgan fingerprint density at radius 3 is 2.71 bits per heavy atom. The van der Waals surface area contributed by atoms with Crippen molar-refractivity contribution in [2.24, 2.45) is 5.41 Å². The molecule has 1 saturated heterocycles. The summed E-state index contributed by atoms with van der Waals surface area (Å²) in [6, 6.07) is 0.00489. The van der Waals surface area contributed by atoms with Crippen LogP contribution in [0.2, 0.25) is 0 Å². The van der Waals surface area contributed by atoms with E-state index >= 15 is 0 Å². The number of nitrogens with two attached hydrogens (primary N) is 1. The monoisotopic (exact) mass is 617 g/mol. The van der Waals surface area contributed by atoms with Gasteiger partial charge in [0.1, 0.15) is 17.8 Å². The molecule has 0 spiro atoms. The number of nitrogens with zero attached hydrogens (tertiary/aromatic N) is 4. The van der Waals surface area contributed by atoms with E-state index in [-0.39, 0.29) is 48.7 Å². The van der Waals surface area contributed by atoms with Gasteiger partial charge >= 0.3 is 7.75 Å². The zero-order valence-corrected chi connectivity index (χ0v) is 25.5. The molecule has 2 aromatic rings. The summed E-state index contributed by atoms with van der Waals surface area (Å²) in [5.41, 5.74) is 3.98. The molecule has 0 amide bonds. The van der Waals surface area contributed by atoms with E-state index in [4.69, 9.17) is 19.5 Å². The zero-order chi connectivity index (χ0) is 30.2. The van der Waals surface area contributed by atoms with Crippen molar-refractivity contribution in [3.63, 3.8) is 0 Å². The molecule has 15 nitrogen and oxygen atoms in total. The highest BCUT2D eigenvalue weighted by Crippen LogP contribution is 2.47. The summed E-state index contributed by atoms with van der Waals surface area (Å²) in [7, 11) is -3.90. The van der Waals surface area contributed by atoms with E-state index < -0.39 is 37.2 Å². The first-order chi connectivity index (χ1) is 19.2. The smallest absolute Gasteiger partial charge is 0.395 e. The molecule has 2 aromatic heterocycles. The zero-order valence-electron chi connectivity index (χ0n) is 23.8. The molecule has 7 N–H and O–H groups in total. The lowest BCUT2D eigenvalue weighted by Crippen LogP contribution is -2.44. The molecule has 4 rings (SSSR count). The second-order valence-electron chi connectivity index (χ2n) is 11.5. The van der Waals surface area contributed by atoms with Gasteiger partial charge in [-0.05, 0) is 47.5 Å². The summed E-state index contributed by atoms with van der Waals surface area (Å²) in [5.74, 6) is 0.674. The number of aliphatic hydroxyl groups excluding tert-OH is 2. The Balaban J connectivity index is 1.44. The highest BCUT2D eigenvalue weighted by atomic mass is 32.2. The van der Waals surface area contributed by atoms with Crippen molar-refractivity contribution in [3.8, 4) is 0 Å². The van der Waals surface area contributed by atoms with Gasteiger partial charge in [0.2, 0.25) is 5.95 Å². The topological polar surface area (TPSA) is 216 Å². The summed E-state index contributed by atoms with van der Waals surface area (Å²) < 4.78 is 32.1. The number of hydrogen-bond donors (Lipinski definition) is 6. The molecule has 17 heteroatoms. The lowest BCUT2D eigenvalue weighted by atomic mass is 9.96.